The first-order valence-corrected chi connectivity index (χ1v) is 8.97. The molecule has 3 atom stereocenters. The fraction of sp³-hybridized carbons (Fsp3) is 0.400. The predicted molar refractivity (Wildman–Crippen MR) is 98.4 cm³/mol. The zero-order chi connectivity index (χ0) is 18.3. The minimum atomic E-state index is 0.0142. The Morgan fingerprint density at radius 3 is 2.58 bits per heavy atom. The maximum Gasteiger partial charge on any atom is 0.224 e. The van der Waals surface area contributed by atoms with Crippen LogP contribution in [0.1, 0.15) is 43.9 Å². The molecule has 1 N–H and O–H groups in total. The molecule has 6 nitrogen and oxygen atoms in total. The van der Waals surface area contributed by atoms with E-state index in [0.29, 0.717) is 17.4 Å². The van der Waals surface area contributed by atoms with Gasteiger partial charge in [0, 0.05) is 24.6 Å². The van der Waals surface area contributed by atoms with E-state index in [1.165, 1.54) is 25.2 Å². The lowest BCUT2D eigenvalue weighted by Crippen LogP contribution is -2.51. The fourth-order valence-corrected chi connectivity index (χ4v) is 4.11. The Labute approximate surface area is 152 Å². The maximum absolute atomic E-state index is 12.4. The second-order valence-electron chi connectivity index (χ2n) is 7.16. The number of nitrogens with zero attached hydrogens (tertiary/aromatic N) is 4. The highest BCUT2D eigenvalue weighted by Gasteiger charge is 2.47. The van der Waals surface area contributed by atoms with Crippen LogP contribution in [0.4, 0.5) is 11.6 Å². The number of rotatable bonds is 3. The van der Waals surface area contributed by atoms with Crippen molar-refractivity contribution in [3.8, 4) is 6.07 Å². The van der Waals surface area contributed by atoms with Gasteiger partial charge in [-0.15, -0.1) is 0 Å². The number of amides is 1. The van der Waals surface area contributed by atoms with E-state index in [9.17, 15) is 4.79 Å². The van der Waals surface area contributed by atoms with Crippen LogP contribution in [0.2, 0.25) is 0 Å². The third-order valence-electron chi connectivity index (χ3n) is 5.40. The summed E-state index contributed by atoms with van der Waals surface area (Å²) in [5.74, 6) is 1.37. The lowest BCUT2D eigenvalue weighted by Gasteiger charge is -2.45. The molecule has 0 spiro atoms. The van der Waals surface area contributed by atoms with Gasteiger partial charge in [-0.2, -0.15) is 5.26 Å². The quantitative estimate of drug-likeness (QED) is 0.921. The molecule has 1 saturated carbocycles. The molecule has 1 amide bonds. The highest BCUT2D eigenvalue weighted by atomic mass is 16.2. The van der Waals surface area contributed by atoms with Crippen molar-refractivity contribution in [1.82, 2.24) is 9.97 Å². The van der Waals surface area contributed by atoms with Crippen LogP contribution in [0, 0.1) is 23.2 Å². The average molecular weight is 347 g/mol. The van der Waals surface area contributed by atoms with Gasteiger partial charge >= 0.3 is 0 Å². The summed E-state index contributed by atoms with van der Waals surface area (Å²) in [4.78, 5) is 22.9. The van der Waals surface area contributed by atoms with Crippen molar-refractivity contribution >= 4 is 17.5 Å². The largest absolute Gasteiger partial charge is 0.347 e. The van der Waals surface area contributed by atoms with Gasteiger partial charge in [-0.1, -0.05) is 25.1 Å². The Hall–Kier alpha value is -2.94. The maximum atomic E-state index is 12.4. The smallest absolute Gasteiger partial charge is 0.224 e. The van der Waals surface area contributed by atoms with Crippen LogP contribution in [0.3, 0.4) is 0 Å². The molecule has 1 fully saturated rings. The second kappa shape index (κ2) is 6.41. The van der Waals surface area contributed by atoms with Crippen LogP contribution in [0.15, 0.2) is 36.7 Å². The van der Waals surface area contributed by atoms with Gasteiger partial charge in [-0.25, -0.2) is 9.97 Å². The summed E-state index contributed by atoms with van der Waals surface area (Å²) in [7, 11) is 0. The first-order chi connectivity index (χ1) is 12.6. The van der Waals surface area contributed by atoms with Crippen LogP contribution in [0.5, 0.6) is 0 Å². The second-order valence-corrected chi connectivity index (χ2v) is 7.16. The molecule has 6 heteroatoms. The number of benzene rings is 1. The summed E-state index contributed by atoms with van der Waals surface area (Å²) >= 11 is 0. The van der Waals surface area contributed by atoms with Crippen molar-refractivity contribution in [2.75, 3.05) is 10.2 Å². The van der Waals surface area contributed by atoms with Crippen molar-refractivity contribution in [2.45, 2.75) is 38.8 Å². The normalized spacial score (nSPS) is 24.5. The first kappa shape index (κ1) is 16.5. The third-order valence-corrected chi connectivity index (χ3v) is 5.40. The van der Waals surface area contributed by atoms with Gasteiger partial charge < -0.3 is 10.2 Å². The number of nitriles is 1. The third kappa shape index (κ3) is 2.80. The summed E-state index contributed by atoms with van der Waals surface area (Å²) in [6.07, 6.45) is 5.38. The van der Waals surface area contributed by atoms with Crippen molar-refractivity contribution in [1.29, 1.82) is 5.26 Å². The summed E-state index contributed by atoms with van der Waals surface area (Å²) in [6.45, 7) is 3.84. The number of aromatic nitrogens is 2. The molecule has 2 aromatic rings. The number of anilines is 2. The summed E-state index contributed by atoms with van der Waals surface area (Å²) in [5, 5.41) is 12.4. The number of hydrogen-bond acceptors (Lipinski definition) is 5. The molecule has 132 valence electrons. The van der Waals surface area contributed by atoms with E-state index in [1.54, 1.807) is 6.92 Å². The number of fused-ring (bicyclic) bond motifs is 1. The van der Waals surface area contributed by atoms with Gasteiger partial charge in [0.25, 0.3) is 0 Å². The van der Waals surface area contributed by atoms with E-state index in [2.05, 4.69) is 28.3 Å². The summed E-state index contributed by atoms with van der Waals surface area (Å²) < 4.78 is 0. The van der Waals surface area contributed by atoms with Crippen molar-refractivity contribution in [2.24, 2.45) is 11.8 Å². The standard InChI is InChI=1S/C20H21N5O/c1-12-18(24-20-22-10-14(9-21)11-23-20)16-5-3-4-6-17(16)25(13(2)26)19(12)15-7-8-15/h3-6,10-12,15,18-19H,7-8H2,1-2H3,(H,22,23,24)/t12-,18?,19?/m1/s1. The fourth-order valence-electron chi connectivity index (χ4n) is 4.11. The van der Waals surface area contributed by atoms with E-state index in [-0.39, 0.29) is 23.9 Å². The molecular weight excluding hydrogens is 326 g/mol. The van der Waals surface area contributed by atoms with Crippen LogP contribution in [0.25, 0.3) is 0 Å². The van der Waals surface area contributed by atoms with E-state index < -0.39 is 0 Å². The van der Waals surface area contributed by atoms with Crippen molar-refractivity contribution in [3.05, 3.63) is 47.8 Å². The molecular formula is C20H21N5O. The van der Waals surface area contributed by atoms with Crippen molar-refractivity contribution < 1.29 is 4.79 Å². The molecule has 2 unspecified atom stereocenters. The lowest BCUT2D eigenvalue weighted by molar-refractivity contribution is -0.117. The lowest BCUT2D eigenvalue weighted by atomic mass is 9.80. The molecule has 4 rings (SSSR count). The minimum absolute atomic E-state index is 0.0142. The average Bonchev–Trinajstić information content (AvgIpc) is 3.48. The van der Waals surface area contributed by atoms with Crippen LogP contribution in [-0.2, 0) is 4.79 Å². The highest BCUT2D eigenvalue weighted by molar-refractivity contribution is 5.94. The number of nitrogens with one attached hydrogen (secondary N) is 1. The number of hydrogen-bond donors (Lipinski definition) is 1. The van der Waals surface area contributed by atoms with E-state index in [1.807, 2.05) is 29.2 Å². The van der Waals surface area contributed by atoms with Gasteiger partial charge in [0.15, 0.2) is 0 Å². The SMILES string of the molecule is CC(=O)N1c2ccccc2C(Nc2ncc(C#N)cn2)[C@@H](C)C1C1CC1. The van der Waals surface area contributed by atoms with E-state index in [4.69, 9.17) is 5.26 Å². The van der Waals surface area contributed by atoms with Crippen molar-refractivity contribution in [3.63, 3.8) is 0 Å². The molecule has 26 heavy (non-hydrogen) atoms. The zero-order valence-electron chi connectivity index (χ0n) is 14.9. The summed E-state index contributed by atoms with van der Waals surface area (Å²) in [6, 6.07) is 10.3. The Balaban J connectivity index is 1.74. The molecule has 0 saturated heterocycles. The number of carbonyl (C=O) groups is 1. The van der Waals surface area contributed by atoms with E-state index >= 15 is 0 Å². The molecule has 1 aliphatic heterocycles. The zero-order valence-corrected chi connectivity index (χ0v) is 14.9. The van der Waals surface area contributed by atoms with Crippen LogP contribution >= 0.6 is 0 Å². The van der Waals surface area contributed by atoms with Gasteiger partial charge in [0.2, 0.25) is 11.9 Å². The number of carbonyl (C=O) groups excluding carboxylic acids is 1. The molecule has 1 aliphatic carbocycles. The van der Waals surface area contributed by atoms with Crippen LogP contribution < -0.4 is 10.2 Å². The minimum Gasteiger partial charge on any atom is -0.347 e. The highest BCUT2D eigenvalue weighted by Crippen LogP contribution is 2.49. The summed E-state index contributed by atoms with van der Waals surface area (Å²) in [5.41, 5.74) is 2.49. The van der Waals surface area contributed by atoms with Crippen LogP contribution in [-0.4, -0.2) is 21.9 Å². The Kier molecular flexibility index (Phi) is 4.08. The topological polar surface area (TPSA) is 81.9 Å². The van der Waals surface area contributed by atoms with Gasteiger partial charge in [0.05, 0.1) is 24.0 Å². The van der Waals surface area contributed by atoms with Gasteiger partial charge in [-0.3, -0.25) is 4.79 Å². The number of para-hydroxylation sites is 1. The molecule has 1 aromatic heterocycles. The monoisotopic (exact) mass is 347 g/mol. The van der Waals surface area contributed by atoms with Gasteiger partial charge in [0.1, 0.15) is 6.07 Å². The molecule has 2 aliphatic rings. The first-order valence-electron chi connectivity index (χ1n) is 8.97. The molecule has 0 radical (unpaired) electrons. The Bertz CT molecular complexity index is 869. The predicted octanol–water partition coefficient (Wildman–Crippen LogP) is 3.28. The Morgan fingerprint density at radius 1 is 1.27 bits per heavy atom. The molecule has 2 heterocycles. The Morgan fingerprint density at radius 2 is 1.96 bits per heavy atom. The molecule has 0 bridgehead atoms. The molecule has 1 aromatic carbocycles. The van der Waals surface area contributed by atoms with E-state index in [0.717, 1.165) is 11.3 Å². The van der Waals surface area contributed by atoms with Gasteiger partial charge in [-0.05, 0) is 30.4 Å².